The Morgan fingerprint density at radius 3 is 2.21 bits per heavy atom. The maximum absolute atomic E-state index is 10.9. The number of aliphatic carboxylic acids is 1. The molecule has 0 heterocycles. The van der Waals surface area contributed by atoms with Crippen LogP contribution in [-0.4, -0.2) is 35.9 Å². The third-order valence-corrected chi connectivity index (χ3v) is 1.63. The van der Waals surface area contributed by atoms with E-state index in [0.717, 1.165) is 0 Å². The van der Waals surface area contributed by atoms with Crippen molar-refractivity contribution in [1.82, 2.24) is 10.3 Å². The molecule has 8 nitrogen and oxygen atoms in total. The van der Waals surface area contributed by atoms with Crippen molar-refractivity contribution in [2.75, 3.05) is 0 Å². The second-order valence-electron chi connectivity index (χ2n) is 2.31. The molecule has 0 aromatic heterocycles. The zero-order chi connectivity index (χ0) is 11.4. The highest BCUT2D eigenvalue weighted by Gasteiger charge is 2.25. The maximum Gasteiger partial charge on any atom is 0.346 e. The van der Waals surface area contributed by atoms with Crippen LogP contribution in [0.4, 0.5) is 0 Å². The topological polar surface area (TPSA) is 133 Å². The van der Waals surface area contributed by atoms with E-state index in [0.29, 0.717) is 0 Å². The Morgan fingerprint density at radius 2 is 1.93 bits per heavy atom. The molecule has 4 N–H and O–H groups in total. The van der Waals surface area contributed by atoms with Gasteiger partial charge in [0.2, 0.25) is 0 Å². The molecular weight excluding hydrogens is 216 g/mol. The summed E-state index contributed by atoms with van der Waals surface area (Å²) >= 11 is 0. The van der Waals surface area contributed by atoms with Crippen molar-refractivity contribution in [2.24, 2.45) is 0 Å². The fourth-order valence-corrected chi connectivity index (χ4v) is 0.884. The zero-order valence-electron chi connectivity index (χ0n) is 7.22. The Labute approximate surface area is 80.2 Å². The van der Waals surface area contributed by atoms with E-state index in [4.69, 9.17) is 9.66 Å². The normalized spacial score (nSPS) is 13.6. The van der Waals surface area contributed by atoms with Gasteiger partial charge in [0.25, 0.3) is 0 Å². The number of carboxylic acids is 1. The molecule has 0 fully saturated rings. The molecule has 0 saturated carbocycles. The van der Waals surface area contributed by atoms with Gasteiger partial charge in [0.05, 0.1) is 0 Å². The summed E-state index contributed by atoms with van der Waals surface area (Å²) in [6, 6.07) is -1.71. The first-order chi connectivity index (χ1) is 6.28. The predicted molar refractivity (Wildman–Crippen MR) is 44.5 cm³/mol. The molecule has 0 aromatic carbocycles. The highest BCUT2D eigenvalue weighted by Crippen LogP contribution is 1.90. The van der Waals surface area contributed by atoms with Crippen molar-refractivity contribution in [3.63, 3.8) is 0 Å². The average Bonchev–Trinajstić information content (AvgIpc) is 2.01. The van der Waals surface area contributed by atoms with Gasteiger partial charge in [-0.1, -0.05) is 6.92 Å². The van der Waals surface area contributed by atoms with Crippen LogP contribution in [0.1, 0.15) is 13.3 Å². The van der Waals surface area contributed by atoms with Crippen LogP contribution in [0.15, 0.2) is 0 Å². The van der Waals surface area contributed by atoms with Crippen LogP contribution in [0.5, 0.6) is 0 Å². The van der Waals surface area contributed by atoms with Crippen LogP contribution in [0, 0.1) is 0 Å². The zero-order valence-corrected chi connectivity index (χ0v) is 8.04. The van der Waals surface area contributed by atoms with E-state index in [1.54, 1.807) is 5.43 Å². The van der Waals surface area contributed by atoms with E-state index in [9.17, 15) is 18.0 Å². The maximum atomic E-state index is 10.9. The van der Waals surface area contributed by atoms with E-state index in [1.165, 1.54) is 11.8 Å². The minimum absolute atomic E-state index is 0.0723. The first kappa shape index (κ1) is 13.0. The summed E-state index contributed by atoms with van der Waals surface area (Å²) in [5.41, 5.74) is 1.67. The number of ketones is 1. The lowest BCUT2D eigenvalue weighted by atomic mass is 10.1. The van der Waals surface area contributed by atoms with Gasteiger partial charge in [-0.25, -0.2) is 10.2 Å². The van der Waals surface area contributed by atoms with E-state index in [2.05, 4.69) is 0 Å². The molecule has 1 atom stereocenters. The number of rotatable bonds is 6. The minimum atomic E-state index is -4.57. The van der Waals surface area contributed by atoms with E-state index in [-0.39, 0.29) is 6.42 Å². The molecule has 0 amide bonds. The van der Waals surface area contributed by atoms with E-state index in [1.807, 2.05) is 0 Å². The van der Waals surface area contributed by atoms with Crippen molar-refractivity contribution < 1.29 is 27.7 Å². The molecule has 0 radical (unpaired) electrons. The molecule has 14 heavy (non-hydrogen) atoms. The van der Waals surface area contributed by atoms with Gasteiger partial charge < -0.3 is 5.11 Å². The third kappa shape index (κ3) is 4.87. The molecule has 0 rings (SSSR count). The number of nitrogens with one attached hydrogen (secondary N) is 2. The number of hydrazine groups is 1. The summed E-state index contributed by atoms with van der Waals surface area (Å²) in [6.07, 6.45) is -0.0723. The lowest BCUT2D eigenvalue weighted by Gasteiger charge is -2.11. The Bertz CT molecular complexity index is 323. The molecule has 1 unspecified atom stereocenters. The number of hydrogen-bond donors (Lipinski definition) is 4. The predicted octanol–water partition coefficient (Wildman–Crippen LogP) is -1.68. The molecule has 0 aliphatic rings. The van der Waals surface area contributed by atoms with E-state index >= 15 is 0 Å². The van der Waals surface area contributed by atoms with Gasteiger partial charge in [0, 0.05) is 6.42 Å². The Morgan fingerprint density at radius 1 is 1.43 bits per heavy atom. The molecule has 0 spiro atoms. The van der Waals surface area contributed by atoms with Gasteiger partial charge in [-0.15, -0.1) is 4.83 Å². The number of carbonyl (C=O) groups excluding carboxylic acids is 1. The first-order valence-electron chi connectivity index (χ1n) is 3.53. The summed E-state index contributed by atoms with van der Waals surface area (Å²) in [4.78, 5) is 22.6. The van der Waals surface area contributed by atoms with Crippen LogP contribution in [0.2, 0.25) is 0 Å². The van der Waals surface area contributed by atoms with Crippen molar-refractivity contribution in [3.8, 4) is 0 Å². The number of carboxylic acid groups (broad SMARTS) is 1. The summed E-state index contributed by atoms with van der Waals surface area (Å²) in [5, 5.41) is 8.47. The number of hydrogen-bond acceptors (Lipinski definition) is 5. The summed E-state index contributed by atoms with van der Waals surface area (Å²) in [7, 11) is -4.57. The Balaban J connectivity index is 4.41. The summed E-state index contributed by atoms with van der Waals surface area (Å²) in [5.74, 6) is -2.25. The highest BCUT2D eigenvalue weighted by molar-refractivity contribution is 7.83. The molecule has 0 bridgehead atoms. The second kappa shape index (κ2) is 5.00. The molecule has 0 saturated heterocycles. The molecule has 0 aliphatic heterocycles. The summed E-state index contributed by atoms with van der Waals surface area (Å²) in [6.45, 7) is 1.42. The van der Waals surface area contributed by atoms with Gasteiger partial charge in [0.1, 0.15) is 0 Å². The first-order valence-corrected chi connectivity index (χ1v) is 4.97. The number of Topliss-reactive ketones (excluding diaryl/α,β-unsaturated/α-hetero) is 1. The molecule has 82 valence electrons. The van der Waals surface area contributed by atoms with Gasteiger partial charge >= 0.3 is 16.3 Å². The van der Waals surface area contributed by atoms with Crippen LogP contribution in [0.3, 0.4) is 0 Å². The fraction of sp³-hybridized carbons (Fsp3) is 0.600. The lowest BCUT2D eigenvalue weighted by molar-refractivity contribution is -0.143. The van der Waals surface area contributed by atoms with Crippen LogP contribution in [-0.2, 0) is 19.9 Å². The van der Waals surface area contributed by atoms with E-state index < -0.39 is 28.1 Å². The SMILES string of the molecule is CCC(=O)C(NNS(=O)(=O)O)C(=O)O. The van der Waals surface area contributed by atoms with Crippen molar-refractivity contribution >= 4 is 22.1 Å². The summed E-state index contributed by atoms with van der Waals surface area (Å²) < 4.78 is 28.5. The third-order valence-electron chi connectivity index (χ3n) is 1.25. The Hall–Kier alpha value is -1.03. The van der Waals surface area contributed by atoms with Crippen LogP contribution >= 0.6 is 0 Å². The smallest absolute Gasteiger partial charge is 0.346 e. The quantitative estimate of drug-likeness (QED) is 0.241. The van der Waals surface area contributed by atoms with Crippen LogP contribution < -0.4 is 10.3 Å². The standard InChI is InChI=1S/C5H10N2O6S/c1-2-3(8)4(5(9)10)6-7-14(11,12)13/h4,6-7H,2H2,1H3,(H,9,10)(H,11,12,13). The van der Waals surface area contributed by atoms with Crippen LogP contribution in [0.25, 0.3) is 0 Å². The van der Waals surface area contributed by atoms with Crippen molar-refractivity contribution in [3.05, 3.63) is 0 Å². The minimum Gasteiger partial charge on any atom is -0.480 e. The molecule has 0 aliphatic carbocycles. The van der Waals surface area contributed by atoms with Gasteiger partial charge in [-0.2, -0.15) is 8.42 Å². The Kier molecular flexibility index (Phi) is 4.63. The van der Waals surface area contributed by atoms with Crippen molar-refractivity contribution in [1.29, 1.82) is 0 Å². The van der Waals surface area contributed by atoms with Gasteiger partial charge in [-0.3, -0.25) is 9.35 Å². The average molecular weight is 226 g/mol. The second-order valence-corrected chi connectivity index (χ2v) is 3.47. The molecule has 9 heteroatoms. The molecular formula is C5H10N2O6S. The largest absolute Gasteiger partial charge is 0.480 e. The number of carbonyl (C=O) groups is 2. The lowest BCUT2D eigenvalue weighted by Crippen LogP contribution is -2.51. The fourth-order valence-electron chi connectivity index (χ4n) is 0.617. The molecule has 0 aromatic rings. The van der Waals surface area contributed by atoms with Crippen molar-refractivity contribution in [2.45, 2.75) is 19.4 Å². The highest BCUT2D eigenvalue weighted by atomic mass is 32.2. The monoisotopic (exact) mass is 226 g/mol. The van der Waals surface area contributed by atoms with Gasteiger partial charge in [-0.05, 0) is 0 Å². The van der Waals surface area contributed by atoms with Gasteiger partial charge in [0.15, 0.2) is 11.8 Å².